The fourth-order valence-electron chi connectivity index (χ4n) is 3.27. The van der Waals surface area contributed by atoms with E-state index in [9.17, 15) is 13.2 Å². The van der Waals surface area contributed by atoms with Gasteiger partial charge in [0.2, 0.25) is 0 Å². The molecular formula is C18H21N9O3S. The molecule has 1 fully saturated rings. The van der Waals surface area contributed by atoms with E-state index in [2.05, 4.69) is 30.8 Å². The van der Waals surface area contributed by atoms with Crippen LogP contribution < -0.4 is 22.1 Å². The molecule has 12 nitrogen and oxygen atoms in total. The molecule has 0 spiro atoms. The van der Waals surface area contributed by atoms with E-state index in [-0.39, 0.29) is 23.2 Å². The molecule has 31 heavy (non-hydrogen) atoms. The zero-order valence-electron chi connectivity index (χ0n) is 16.3. The molecule has 0 bridgehead atoms. The molecule has 1 aliphatic rings. The first kappa shape index (κ1) is 20.7. The lowest BCUT2D eigenvalue weighted by Gasteiger charge is -2.30. The Balaban J connectivity index is 1.61. The van der Waals surface area contributed by atoms with Gasteiger partial charge in [-0.25, -0.2) is 18.4 Å². The number of amides is 1. The zero-order valence-corrected chi connectivity index (χ0v) is 17.2. The van der Waals surface area contributed by atoms with Gasteiger partial charge in [0, 0.05) is 6.04 Å². The number of nitrogens with two attached hydrogens (primary N) is 2. The van der Waals surface area contributed by atoms with Crippen LogP contribution in [0.25, 0.3) is 5.82 Å². The second-order valence-corrected chi connectivity index (χ2v) is 9.36. The highest BCUT2D eigenvalue weighted by Gasteiger charge is 2.31. The molecule has 1 saturated heterocycles. The summed E-state index contributed by atoms with van der Waals surface area (Å²) < 4.78 is 23.9. The highest BCUT2D eigenvalue weighted by atomic mass is 32.2. The Morgan fingerprint density at radius 1 is 1.23 bits per heavy atom. The Hall–Kier alpha value is -3.58. The van der Waals surface area contributed by atoms with E-state index in [4.69, 9.17) is 11.5 Å². The number of hydrogen-bond donors (Lipinski definition) is 4. The van der Waals surface area contributed by atoms with Crippen LogP contribution in [0.4, 0.5) is 17.2 Å². The molecule has 6 N–H and O–H groups in total. The van der Waals surface area contributed by atoms with Gasteiger partial charge >= 0.3 is 0 Å². The number of primary amides is 1. The molecule has 4 heterocycles. The SMILES string of the molecule is NC(=O)c1ncc(N[C@@H]2CS(=O)(=O)CC[C@@H]2N)cc1Nc1cccc(-n2nccn2)n1. The van der Waals surface area contributed by atoms with Crippen LogP contribution in [-0.4, -0.2) is 62.9 Å². The maximum atomic E-state index is 12.0. The van der Waals surface area contributed by atoms with E-state index < -0.39 is 21.8 Å². The van der Waals surface area contributed by atoms with Crippen LogP contribution in [0.3, 0.4) is 0 Å². The number of carbonyl (C=O) groups is 1. The summed E-state index contributed by atoms with van der Waals surface area (Å²) in [5, 5.41) is 14.2. The van der Waals surface area contributed by atoms with Crippen molar-refractivity contribution in [3.8, 4) is 5.82 Å². The molecule has 0 aliphatic carbocycles. The molecule has 3 aromatic heterocycles. The minimum absolute atomic E-state index is 0.00975. The van der Waals surface area contributed by atoms with E-state index in [0.717, 1.165) is 0 Å². The van der Waals surface area contributed by atoms with Gasteiger partial charge in [0.1, 0.15) is 5.82 Å². The van der Waals surface area contributed by atoms with Crippen molar-refractivity contribution in [3.05, 3.63) is 48.5 Å². The minimum atomic E-state index is -3.17. The molecule has 3 aromatic rings. The van der Waals surface area contributed by atoms with Crippen molar-refractivity contribution in [3.63, 3.8) is 0 Å². The molecule has 0 radical (unpaired) electrons. The third kappa shape index (κ3) is 4.78. The third-order valence-corrected chi connectivity index (χ3v) is 6.53. The van der Waals surface area contributed by atoms with Gasteiger partial charge in [0.25, 0.3) is 5.91 Å². The van der Waals surface area contributed by atoms with Gasteiger partial charge in [-0.1, -0.05) is 6.07 Å². The Labute approximate surface area is 178 Å². The summed E-state index contributed by atoms with van der Waals surface area (Å²) >= 11 is 0. The molecule has 0 unspecified atom stereocenters. The summed E-state index contributed by atoms with van der Waals surface area (Å²) in [6.45, 7) is 0. The summed E-state index contributed by atoms with van der Waals surface area (Å²) in [7, 11) is -3.17. The number of hydrogen-bond acceptors (Lipinski definition) is 10. The molecule has 4 rings (SSSR count). The predicted octanol–water partition coefficient (Wildman–Crippen LogP) is -0.174. The maximum Gasteiger partial charge on any atom is 0.269 e. The van der Waals surface area contributed by atoms with Crippen molar-refractivity contribution in [2.75, 3.05) is 22.1 Å². The van der Waals surface area contributed by atoms with Crippen molar-refractivity contribution in [1.82, 2.24) is 25.0 Å². The predicted molar refractivity (Wildman–Crippen MR) is 114 cm³/mol. The van der Waals surface area contributed by atoms with Gasteiger partial charge in [-0.3, -0.25) is 4.79 Å². The Kier molecular flexibility index (Phi) is 5.52. The molecular weight excluding hydrogens is 422 g/mol. The summed E-state index contributed by atoms with van der Waals surface area (Å²) in [4.78, 5) is 21.7. The fraction of sp³-hybridized carbons (Fsp3) is 0.278. The molecule has 2 atom stereocenters. The summed E-state index contributed by atoms with van der Waals surface area (Å²) in [6.07, 6.45) is 4.84. The first-order valence-electron chi connectivity index (χ1n) is 9.44. The Bertz CT molecular complexity index is 1200. The number of nitrogens with one attached hydrogen (secondary N) is 2. The van der Waals surface area contributed by atoms with Crippen molar-refractivity contribution in [1.29, 1.82) is 0 Å². The Morgan fingerprint density at radius 3 is 2.74 bits per heavy atom. The quantitative estimate of drug-likeness (QED) is 0.398. The lowest BCUT2D eigenvalue weighted by molar-refractivity contribution is 0.0996. The van der Waals surface area contributed by atoms with Crippen LogP contribution >= 0.6 is 0 Å². The summed E-state index contributed by atoms with van der Waals surface area (Å²) in [5.41, 5.74) is 12.4. The highest BCUT2D eigenvalue weighted by molar-refractivity contribution is 7.91. The van der Waals surface area contributed by atoms with Gasteiger partial charge < -0.3 is 22.1 Å². The monoisotopic (exact) mass is 443 g/mol. The third-order valence-electron chi connectivity index (χ3n) is 4.81. The first-order chi connectivity index (χ1) is 14.8. The van der Waals surface area contributed by atoms with Crippen molar-refractivity contribution < 1.29 is 13.2 Å². The van der Waals surface area contributed by atoms with Crippen molar-refractivity contribution >= 4 is 32.9 Å². The van der Waals surface area contributed by atoms with Gasteiger partial charge in [-0.15, -0.1) is 4.80 Å². The van der Waals surface area contributed by atoms with Crippen LogP contribution in [0, 0.1) is 0 Å². The van der Waals surface area contributed by atoms with Gasteiger partial charge in [-0.2, -0.15) is 10.2 Å². The van der Waals surface area contributed by atoms with E-state index in [1.165, 1.54) is 23.4 Å². The lowest BCUT2D eigenvalue weighted by Crippen LogP contribution is -2.50. The van der Waals surface area contributed by atoms with Crippen LogP contribution in [0.15, 0.2) is 42.9 Å². The number of aromatic nitrogens is 5. The second-order valence-electron chi connectivity index (χ2n) is 7.13. The van der Waals surface area contributed by atoms with E-state index in [1.807, 2.05) is 0 Å². The molecule has 1 aliphatic heterocycles. The van der Waals surface area contributed by atoms with Gasteiger partial charge in [0.05, 0.1) is 47.5 Å². The largest absolute Gasteiger partial charge is 0.378 e. The zero-order chi connectivity index (χ0) is 22.0. The van der Waals surface area contributed by atoms with E-state index in [1.54, 1.807) is 24.3 Å². The normalized spacial score (nSPS) is 20.2. The lowest BCUT2D eigenvalue weighted by atomic mass is 10.1. The summed E-state index contributed by atoms with van der Waals surface area (Å²) in [6, 6.07) is 5.99. The van der Waals surface area contributed by atoms with Crippen LogP contribution in [0.1, 0.15) is 16.9 Å². The minimum Gasteiger partial charge on any atom is -0.378 e. The number of anilines is 3. The highest BCUT2D eigenvalue weighted by Crippen LogP contribution is 2.24. The molecule has 0 aromatic carbocycles. The van der Waals surface area contributed by atoms with Gasteiger partial charge in [0.15, 0.2) is 21.3 Å². The number of rotatable bonds is 6. The molecule has 1 amide bonds. The van der Waals surface area contributed by atoms with E-state index >= 15 is 0 Å². The average molecular weight is 443 g/mol. The van der Waals surface area contributed by atoms with Crippen LogP contribution in [0.5, 0.6) is 0 Å². The molecule has 162 valence electrons. The van der Waals surface area contributed by atoms with E-state index in [0.29, 0.717) is 29.4 Å². The first-order valence-corrected chi connectivity index (χ1v) is 11.3. The number of sulfone groups is 1. The fourth-order valence-corrected chi connectivity index (χ4v) is 4.95. The van der Waals surface area contributed by atoms with Crippen LogP contribution in [-0.2, 0) is 9.84 Å². The number of pyridine rings is 2. The van der Waals surface area contributed by atoms with Crippen molar-refractivity contribution in [2.24, 2.45) is 11.5 Å². The smallest absolute Gasteiger partial charge is 0.269 e. The van der Waals surface area contributed by atoms with Crippen LogP contribution in [0.2, 0.25) is 0 Å². The van der Waals surface area contributed by atoms with Gasteiger partial charge in [-0.05, 0) is 24.6 Å². The van der Waals surface area contributed by atoms with Crippen molar-refractivity contribution in [2.45, 2.75) is 18.5 Å². The average Bonchev–Trinajstić information content (AvgIpc) is 3.26. The Morgan fingerprint density at radius 2 is 2.00 bits per heavy atom. The number of nitrogens with zero attached hydrogens (tertiary/aromatic N) is 5. The summed E-state index contributed by atoms with van der Waals surface area (Å²) in [5.74, 6) is 0.153. The second kappa shape index (κ2) is 8.28. The maximum absolute atomic E-state index is 12.0. The molecule has 13 heteroatoms. The topological polar surface area (TPSA) is 184 Å². The number of carbonyl (C=O) groups excluding carboxylic acids is 1. The standard InChI is InChI=1S/C18H21N9O3S/c19-12-4-7-31(29,30)10-14(12)24-11-8-13(17(18(20)28)21-9-11)25-15-2-1-3-16(26-15)27-22-5-6-23-27/h1-3,5-6,8-9,12,14,24H,4,7,10,19H2,(H2,20,28)(H,25,26)/t12-,14+/m0/s1. The molecule has 0 saturated carbocycles.